The van der Waals surface area contributed by atoms with E-state index in [1.807, 2.05) is 36.4 Å². The minimum absolute atomic E-state index is 0.0949. The fraction of sp³-hybridized carbons (Fsp3) is 0.304. The molecule has 29 heavy (non-hydrogen) atoms. The number of hydrogen-bond acceptors (Lipinski definition) is 6. The van der Waals surface area contributed by atoms with E-state index in [2.05, 4.69) is 22.9 Å². The van der Waals surface area contributed by atoms with Crippen molar-refractivity contribution in [2.75, 3.05) is 44.7 Å². The maximum absolute atomic E-state index is 12.8. The van der Waals surface area contributed by atoms with Crippen LogP contribution in [-0.2, 0) is 6.42 Å². The molecule has 0 atom stereocenters. The number of piperazine rings is 1. The van der Waals surface area contributed by atoms with E-state index in [1.165, 1.54) is 0 Å². The van der Waals surface area contributed by atoms with Crippen LogP contribution < -0.4 is 15.3 Å². The zero-order valence-electron chi connectivity index (χ0n) is 16.3. The number of anilines is 1. The zero-order chi connectivity index (χ0) is 20.0. The van der Waals surface area contributed by atoms with Gasteiger partial charge >= 0.3 is 5.63 Å². The molecule has 6 heteroatoms. The van der Waals surface area contributed by atoms with E-state index < -0.39 is 5.63 Å². The first-order valence-electron chi connectivity index (χ1n) is 9.86. The Bertz CT molecular complexity index is 1200. The lowest BCUT2D eigenvalue weighted by molar-refractivity contribution is 0.311. The molecule has 146 valence electrons. The van der Waals surface area contributed by atoms with Gasteiger partial charge in [-0.15, -0.1) is 0 Å². The summed E-state index contributed by atoms with van der Waals surface area (Å²) in [7, 11) is 2.08. The van der Waals surface area contributed by atoms with Crippen LogP contribution in [0.25, 0.3) is 22.1 Å². The highest BCUT2D eigenvalue weighted by Gasteiger charge is 2.30. The van der Waals surface area contributed by atoms with E-state index >= 15 is 0 Å². The molecule has 5 rings (SSSR count). The van der Waals surface area contributed by atoms with E-state index in [-0.39, 0.29) is 5.56 Å². The molecular formula is C23H21N3O3. The number of nitrogens with zero attached hydrogens (tertiary/aromatic N) is 3. The van der Waals surface area contributed by atoms with Gasteiger partial charge in [0.2, 0.25) is 0 Å². The molecule has 2 aromatic carbocycles. The third-order valence-electron chi connectivity index (χ3n) is 5.85. The summed E-state index contributed by atoms with van der Waals surface area (Å²) in [4.78, 5) is 17.2. The summed E-state index contributed by atoms with van der Waals surface area (Å²) in [5, 5.41) is 11.8. The van der Waals surface area contributed by atoms with Gasteiger partial charge in [0.1, 0.15) is 17.6 Å². The Morgan fingerprint density at radius 2 is 1.86 bits per heavy atom. The van der Waals surface area contributed by atoms with Gasteiger partial charge in [-0.2, -0.15) is 5.26 Å². The van der Waals surface area contributed by atoms with Crippen molar-refractivity contribution in [1.82, 2.24) is 4.90 Å². The van der Waals surface area contributed by atoms with Crippen molar-refractivity contribution in [2.45, 2.75) is 6.42 Å². The zero-order valence-corrected chi connectivity index (χ0v) is 16.3. The van der Waals surface area contributed by atoms with Crippen molar-refractivity contribution in [2.24, 2.45) is 0 Å². The van der Waals surface area contributed by atoms with Crippen molar-refractivity contribution < 1.29 is 9.15 Å². The molecule has 1 fully saturated rings. The molecular weight excluding hydrogens is 366 g/mol. The molecule has 6 nitrogen and oxygen atoms in total. The van der Waals surface area contributed by atoms with Crippen LogP contribution in [-0.4, -0.2) is 44.7 Å². The van der Waals surface area contributed by atoms with Gasteiger partial charge in [-0.1, -0.05) is 30.3 Å². The van der Waals surface area contributed by atoms with Crippen LogP contribution in [0.2, 0.25) is 0 Å². The van der Waals surface area contributed by atoms with Gasteiger partial charge in [-0.3, -0.25) is 0 Å². The maximum atomic E-state index is 12.8. The standard InChI is InChI=1S/C23H21N3O3/c1-25-9-11-26(12-10-25)20-17-8-13-28-21-16-5-3-2-4-15(16)6-7-18(21)22(17)29-23(27)19(20)14-24/h2-7H,8-13H2,1H3. The van der Waals surface area contributed by atoms with Crippen molar-refractivity contribution in [1.29, 1.82) is 5.26 Å². The van der Waals surface area contributed by atoms with E-state index in [9.17, 15) is 10.1 Å². The molecule has 0 amide bonds. The Hall–Kier alpha value is -3.30. The minimum atomic E-state index is -0.582. The van der Waals surface area contributed by atoms with E-state index in [4.69, 9.17) is 9.15 Å². The number of benzene rings is 2. The summed E-state index contributed by atoms with van der Waals surface area (Å²) < 4.78 is 11.9. The molecule has 3 aromatic rings. The first-order valence-corrected chi connectivity index (χ1v) is 9.86. The number of fused-ring (bicyclic) bond motifs is 5. The summed E-state index contributed by atoms with van der Waals surface area (Å²) >= 11 is 0. The molecule has 1 aromatic heterocycles. The van der Waals surface area contributed by atoms with Gasteiger partial charge in [0.25, 0.3) is 0 Å². The second-order valence-electron chi connectivity index (χ2n) is 7.58. The molecule has 1 saturated heterocycles. The van der Waals surface area contributed by atoms with Crippen LogP contribution in [0.5, 0.6) is 5.75 Å². The first-order chi connectivity index (χ1) is 14.2. The van der Waals surface area contributed by atoms with Crippen LogP contribution in [0.3, 0.4) is 0 Å². The van der Waals surface area contributed by atoms with Crippen LogP contribution >= 0.6 is 0 Å². The van der Waals surface area contributed by atoms with Crippen molar-refractivity contribution >= 4 is 16.5 Å². The van der Waals surface area contributed by atoms with Gasteiger partial charge in [0.15, 0.2) is 5.56 Å². The molecule has 0 saturated carbocycles. The number of ether oxygens (including phenoxy) is 1. The second-order valence-corrected chi connectivity index (χ2v) is 7.58. The average Bonchev–Trinajstić information content (AvgIpc) is 2.93. The minimum Gasteiger partial charge on any atom is -0.492 e. The Labute approximate surface area is 168 Å². The Kier molecular flexibility index (Phi) is 4.26. The predicted octanol–water partition coefficient (Wildman–Crippen LogP) is 3.02. The smallest absolute Gasteiger partial charge is 0.356 e. The topological polar surface area (TPSA) is 69.7 Å². The number of likely N-dealkylation sites (N-methyl/N-ethyl adjacent to an activating group) is 1. The lowest BCUT2D eigenvalue weighted by Gasteiger charge is -2.35. The largest absolute Gasteiger partial charge is 0.492 e. The highest BCUT2D eigenvalue weighted by molar-refractivity contribution is 5.95. The SMILES string of the molecule is CN1CCN(c2c3c(oc(=O)c2C#N)-c2ccc4ccccc4c2OCC3)CC1. The number of rotatable bonds is 1. The van der Waals surface area contributed by atoms with Gasteiger partial charge in [0, 0.05) is 43.5 Å². The molecule has 0 aliphatic carbocycles. The van der Waals surface area contributed by atoms with Crippen molar-refractivity contribution in [3.8, 4) is 23.1 Å². The Morgan fingerprint density at radius 1 is 1.07 bits per heavy atom. The van der Waals surface area contributed by atoms with Crippen molar-refractivity contribution in [3.05, 3.63) is 57.9 Å². The van der Waals surface area contributed by atoms with E-state index in [0.717, 1.165) is 59.5 Å². The summed E-state index contributed by atoms with van der Waals surface area (Å²) in [6.45, 7) is 3.78. The quantitative estimate of drug-likeness (QED) is 0.639. The van der Waals surface area contributed by atoms with E-state index in [1.54, 1.807) is 0 Å². The molecule has 0 radical (unpaired) electrons. The Morgan fingerprint density at radius 3 is 2.66 bits per heavy atom. The highest BCUT2D eigenvalue weighted by Crippen LogP contribution is 2.43. The lowest BCUT2D eigenvalue weighted by Crippen LogP contribution is -2.45. The van der Waals surface area contributed by atoms with Gasteiger partial charge in [-0.05, 0) is 18.5 Å². The van der Waals surface area contributed by atoms with Crippen LogP contribution in [0, 0.1) is 11.3 Å². The van der Waals surface area contributed by atoms with Gasteiger partial charge < -0.3 is 19.0 Å². The van der Waals surface area contributed by atoms with Crippen LogP contribution in [0.15, 0.2) is 45.6 Å². The van der Waals surface area contributed by atoms with Gasteiger partial charge in [0.05, 0.1) is 17.9 Å². The summed E-state index contributed by atoms with van der Waals surface area (Å²) in [6.07, 6.45) is 0.582. The molecule has 2 aliphatic rings. The molecule has 3 heterocycles. The normalized spacial score (nSPS) is 16.5. The number of nitriles is 1. The molecule has 0 bridgehead atoms. The highest BCUT2D eigenvalue weighted by atomic mass is 16.5. The van der Waals surface area contributed by atoms with E-state index in [0.29, 0.717) is 18.8 Å². The monoisotopic (exact) mass is 387 g/mol. The summed E-state index contributed by atoms with van der Waals surface area (Å²) in [6, 6.07) is 14.1. The third kappa shape index (κ3) is 2.86. The third-order valence-corrected chi connectivity index (χ3v) is 5.85. The fourth-order valence-electron chi connectivity index (χ4n) is 4.32. The summed E-state index contributed by atoms with van der Waals surface area (Å²) in [5.74, 6) is 1.26. The predicted molar refractivity (Wildman–Crippen MR) is 112 cm³/mol. The summed E-state index contributed by atoms with van der Waals surface area (Å²) in [5.41, 5.74) is 1.89. The Balaban J connectivity index is 1.77. The van der Waals surface area contributed by atoms with Crippen LogP contribution in [0.1, 0.15) is 11.1 Å². The maximum Gasteiger partial charge on any atom is 0.356 e. The second kappa shape index (κ2) is 6.94. The van der Waals surface area contributed by atoms with Crippen LogP contribution in [0.4, 0.5) is 5.69 Å². The lowest BCUT2D eigenvalue weighted by atomic mass is 9.98. The van der Waals surface area contributed by atoms with Crippen molar-refractivity contribution in [3.63, 3.8) is 0 Å². The average molecular weight is 387 g/mol. The molecule has 0 N–H and O–H groups in total. The molecule has 0 unspecified atom stereocenters. The molecule has 0 spiro atoms. The fourth-order valence-corrected chi connectivity index (χ4v) is 4.32. The van der Waals surface area contributed by atoms with Gasteiger partial charge in [-0.25, -0.2) is 4.79 Å². The first kappa shape index (κ1) is 17.8. The number of hydrogen-bond donors (Lipinski definition) is 0. The molecule has 2 aliphatic heterocycles.